The molecule has 18 heavy (non-hydrogen) atoms. The molecule has 2 atom stereocenters. The van der Waals surface area contributed by atoms with Gasteiger partial charge in [0.2, 0.25) is 0 Å². The Balaban J connectivity index is 2.66. The lowest BCUT2D eigenvalue weighted by Crippen LogP contribution is -2.23. The van der Waals surface area contributed by atoms with Gasteiger partial charge in [-0.3, -0.25) is 0 Å². The Bertz CT molecular complexity index is 674. The van der Waals surface area contributed by atoms with Gasteiger partial charge in [0.15, 0.2) is 9.84 Å². The van der Waals surface area contributed by atoms with Crippen LogP contribution in [0, 0.1) is 0 Å². The molecule has 3 N–H and O–H groups in total. The van der Waals surface area contributed by atoms with Crippen molar-refractivity contribution in [2.45, 2.75) is 30.7 Å². The SMILES string of the molecule is CC(N)C(C)c1nc2c(S(C)(=O)=O)cccc2[nH]1. The van der Waals surface area contributed by atoms with E-state index < -0.39 is 9.84 Å². The third-order valence-electron chi connectivity index (χ3n) is 3.11. The number of imidazole rings is 1. The number of hydrogen-bond acceptors (Lipinski definition) is 4. The summed E-state index contributed by atoms with van der Waals surface area (Å²) in [6.07, 6.45) is 1.19. The Hall–Kier alpha value is -1.40. The van der Waals surface area contributed by atoms with E-state index in [0.29, 0.717) is 5.52 Å². The zero-order chi connectivity index (χ0) is 13.5. The number of fused-ring (bicyclic) bond motifs is 1. The quantitative estimate of drug-likeness (QED) is 0.880. The molecule has 1 aromatic carbocycles. The number of rotatable bonds is 3. The van der Waals surface area contributed by atoms with Crippen molar-refractivity contribution in [3.8, 4) is 0 Å². The third-order valence-corrected chi connectivity index (χ3v) is 4.24. The second-order valence-corrected chi connectivity index (χ2v) is 6.68. The number of nitrogens with one attached hydrogen (secondary N) is 1. The largest absolute Gasteiger partial charge is 0.342 e. The topological polar surface area (TPSA) is 88.8 Å². The van der Waals surface area contributed by atoms with Gasteiger partial charge in [0.05, 0.1) is 10.4 Å². The predicted octanol–water partition coefficient (Wildman–Crippen LogP) is 1.42. The molecule has 0 aliphatic rings. The van der Waals surface area contributed by atoms with Crippen LogP contribution in [0.2, 0.25) is 0 Å². The van der Waals surface area contributed by atoms with Crippen molar-refractivity contribution in [2.75, 3.05) is 6.26 Å². The van der Waals surface area contributed by atoms with Gasteiger partial charge in [0.25, 0.3) is 0 Å². The van der Waals surface area contributed by atoms with Crippen LogP contribution in [0.3, 0.4) is 0 Å². The lowest BCUT2D eigenvalue weighted by Gasteiger charge is -2.11. The zero-order valence-electron chi connectivity index (χ0n) is 10.6. The van der Waals surface area contributed by atoms with Crippen molar-refractivity contribution in [3.05, 3.63) is 24.0 Å². The molecular formula is C12H17N3O2S. The van der Waals surface area contributed by atoms with Crippen LogP contribution in [0.25, 0.3) is 11.0 Å². The monoisotopic (exact) mass is 267 g/mol. The van der Waals surface area contributed by atoms with Crippen molar-refractivity contribution in [2.24, 2.45) is 5.73 Å². The summed E-state index contributed by atoms with van der Waals surface area (Å²) in [4.78, 5) is 7.77. The van der Waals surface area contributed by atoms with Crippen LogP contribution in [0.5, 0.6) is 0 Å². The summed E-state index contributed by atoms with van der Waals surface area (Å²) < 4.78 is 23.4. The molecule has 0 fully saturated rings. The summed E-state index contributed by atoms with van der Waals surface area (Å²) in [6.45, 7) is 3.86. The first-order chi connectivity index (χ1) is 8.30. The Morgan fingerprint density at radius 2 is 2.00 bits per heavy atom. The van der Waals surface area contributed by atoms with Crippen molar-refractivity contribution in [1.29, 1.82) is 0 Å². The highest BCUT2D eigenvalue weighted by atomic mass is 32.2. The molecular weight excluding hydrogens is 250 g/mol. The van der Waals surface area contributed by atoms with Crippen molar-refractivity contribution >= 4 is 20.9 Å². The molecule has 5 nitrogen and oxygen atoms in total. The number of nitrogens with zero attached hydrogens (tertiary/aromatic N) is 1. The van der Waals surface area contributed by atoms with E-state index in [2.05, 4.69) is 9.97 Å². The maximum absolute atomic E-state index is 11.7. The van der Waals surface area contributed by atoms with Crippen molar-refractivity contribution in [3.63, 3.8) is 0 Å². The Morgan fingerprint density at radius 1 is 1.33 bits per heavy atom. The summed E-state index contributed by atoms with van der Waals surface area (Å²) in [5.74, 6) is 0.765. The number of aromatic amines is 1. The number of hydrogen-bond donors (Lipinski definition) is 2. The van der Waals surface area contributed by atoms with Gasteiger partial charge in [0.1, 0.15) is 11.3 Å². The molecule has 2 unspecified atom stereocenters. The van der Waals surface area contributed by atoms with E-state index in [4.69, 9.17) is 5.73 Å². The van der Waals surface area contributed by atoms with Crippen LogP contribution in [-0.2, 0) is 9.84 Å². The molecule has 6 heteroatoms. The lowest BCUT2D eigenvalue weighted by atomic mass is 10.0. The van der Waals surface area contributed by atoms with E-state index in [1.165, 1.54) is 6.26 Å². The van der Waals surface area contributed by atoms with Crippen LogP contribution in [0.4, 0.5) is 0 Å². The van der Waals surface area contributed by atoms with E-state index >= 15 is 0 Å². The van der Waals surface area contributed by atoms with E-state index in [0.717, 1.165) is 11.3 Å². The molecule has 0 aliphatic carbocycles. The van der Waals surface area contributed by atoms with E-state index in [1.807, 2.05) is 19.9 Å². The molecule has 1 aromatic heterocycles. The number of H-pyrrole nitrogens is 1. The Morgan fingerprint density at radius 3 is 2.56 bits per heavy atom. The first-order valence-electron chi connectivity index (χ1n) is 5.75. The fourth-order valence-electron chi connectivity index (χ4n) is 1.79. The average Bonchev–Trinajstić information content (AvgIpc) is 2.69. The fourth-order valence-corrected chi connectivity index (χ4v) is 2.62. The third kappa shape index (κ3) is 2.26. The van der Waals surface area contributed by atoms with Gasteiger partial charge in [-0.25, -0.2) is 13.4 Å². The minimum absolute atomic E-state index is 0.0461. The molecule has 0 saturated carbocycles. The maximum atomic E-state index is 11.7. The normalized spacial score (nSPS) is 15.8. The molecule has 0 radical (unpaired) electrons. The summed E-state index contributed by atoms with van der Waals surface area (Å²) in [7, 11) is -3.28. The van der Waals surface area contributed by atoms with Crippen LogP contribution in [0.1, 0.15) is 25.6 Å². The smallest absolute Gasteiger partial charge is 0.177 e. The highest BCUT2D eigenvalue weighted by Gasteiger charge is 2.19. The molecule has 1 heterocycles. The minimum Gasteiger partial charge on any atom is -0.342 e. The van der Waals surface area contributed by atoms with Crippen LogP contribution >= 0.6 is 0 Å². The van der Waals surface area contributed by atoms with Gasteiger partial charge in [0, 0.05) is 18.2 Å². The van der Waals surface area contributed by atoms with Crippen molar-refractivity contribution < 1.29 is 8.42 Å². The van der Waals surface area contributed by atoms with Gasteiger partial charge in [-0.1, -0.05) is 13.0 Å². The summed E-state index contributed by atoms with van der Waals surface area (Å²) >= 11 is 0. The predicted molar refractivity (Wildman–Crippen MR) is 71.3 cm³/mol. The first kappa shape index (κ1) is 13.0. The summed E-state index contributed by atoms with van der Waals surface area (Å²) in [5.41, 5.74) is 7.05. The number of nitrogens with two attached hydrogens (primary N) is 1. The number of para-hydroxylation sites is 1. The number of benzene rings is 1. The average molecular weight is 267 g/mol. The van der Waals surface area contributed by atoms with Gasteiger partial charge < -0.3 is 10.7 Å². The van der Waals surface area contributed by atoms with Crippen LogP contribution in [-0.4, -0.2) is 30.7 Å². The molecule has 0 saturated heterocycles. The van der Waals surface area contributed by atoms with Crippen LogP contribution < -0.4 is 5.73 Å². The second kappa shape index (κ2) is 4.37. The zero-order valence-corrected chi connectivity index (χ0v) is 11.5. The Kier molecular flexibility index (Phi) is 3.16. The molecule has 0 spiro atoms. The van der Waals surface area contributed by atoms with Gasteiger partial charge >= 0.3 is 0 Å². The van der Waals surface area contributed by atoms with Gasteiger partial charge in [-0.2, -0.15) is 0 Å². The van der Waals surface area contributed by atoms with Crippen LogP contribution in [0.15, 0.2) is 23.1 Å². The first-order valence-corrected chi connectivity index (χ1v) is 7.64. The molecule has 0 aliphatic heterocycles. The highest BCUT2D eigenvalue weighted by molar-refractivity contribution is 7.91. The fraction of sp³-hybridized carbons (Fsp3) is 0.417. The van der Waals surface area contributed by atoms with E-state index in [-0.39, 0.29) is 16.9 Å². The molecule has 2 rings (SSSR count). The molecule has 2 aromatic rings. The highest BCUT2D eigenvalue weighted by Crippen LogP contribution is 2.24. The maximum Gasteiger partial charge on any atom is 0.177 e. The minimum atomic E-state index is -3.28. The van der Waals surface area contributed by atoms with E-state index in [1.54, 1.807) is 12.1 Å². The number of sulfone groups is 1. The molecule has 0 amide bonds. The summed E-state index contributed by atoms with van der Waals surface area (Å²) in [5, 5.41) is 0. The second-order valence-electron chi connectivity index (χ2n) is 4.69. The van der Waals surface area contributed by atoms with Gasteiger partial charge in [-0.05, 0) is 19.1 Å². The number of aromatic nitrogens is 2. The molecule has 0 bridgehead atoms. The summed E-state index contributed by atoms with van der Waals surface area (Å²) in [6, 6.07) is 5.04. The van der Waals surface area contributed by atoms with Gasteiger partial charge in [-0.15, -0.1) is 0 Å². The van der Waals surface area contributed by atoms with Crippen molar-refractivity contribution in [1.82, 2.24) is 9.97 Å². The molecule has 98 valence electrons. The Labute approximate surface area is 106 Å². The lowest BCUT2D eigenvalue weighted by molar-refractivity contribution is 0.588. The standard InChI is InChI=1S/C12H17N3O2S/c1-7(8(2)13)12-14-9-5-4-6-10(11(9)15-12)18(3,16)17/h4-8H,13H2,1-3H3,(H,14,15). The van der Waals surface area contributed by atoms with E-state index in [9.17, 15) is 8.42 Å².